The van der Waals surface area contributed by atoms with Gasteiger partial charge in [-0.15, -0.1) is 0 Å². The van der Waals surface area contributed by atoms with E-state index in [0.29, 0.717) is 11.3 Å². The van der Waals surface area contributed by atoms with Gasteiger partial charge in [0.1, 0.15) is 5.75 Å². The molecule has 0 aliphatic heterocycles. The highest BCUT2D eigenvalue weighted by molar-refractivity contribution is 7.92. The summed E-state index contributed by atoms with van der Waals surface area (Å²) < 4.78 is 33.5. The lowest BCUT2D eigenvalue weighted by Crippen LogP contribution is -2.60. The van der Waals surface area contributed by atoms with Gasteiger partial charge in [-0.05, 0) is 23.1 Å². The molecule has 0 saturated carbocycles. The van der Waals surface area contributed by atoms with Gasteiger partial charge in [-0.3, -0.25) is 4.79 Å². The molecule has 6 nitrogen and oxygen atoms in total. The Morgan fingerprint density at radius 3 is 2.38 bits per heavy atom. The topological polar surface area (TPSA) is 98.5 Å². The van der Waals surface area contributed by atoms with Gasteiger partial charge in [0, 0.05) is 17.2 Å². The molecular weight excluding hydrogens is 388 g/mol. The maximum absolute atomic E-state index is 12.7. The molecule has 0 aliphatic rings. The highest BCUT2D eigenvalue weighted by atomic mass is 32.2. The molecule has 1 atom stereocenters. The Balaban J connectivity index is 1.94. The molecule has 1 unspecified atom stereocenters. The van der Waals surface area contributed by atoms with Gasteiger partial charge in [-0.2, -0.15) is 4.72 Å². The van der Waals surface area contributed by atoms with E-state index in [1.807, 2.05) is 36.4 Å². The number of ether oxygens (including phenoxy) is 1. The lowest BCUT2D eigenvalue weighted by Gasteiger charge is -2.30. The molecule has 0 radical (unpaired) electrons. The van der Waals surface area contributed by atoms with Crippen LogP contribution in [-0.2, 0) is 14.8 Å². The lowest BCUT2D eigenvalue weighted by molar-refractivity contribution is -0.134. The van der Waals surface area contributed by atoms with Crippen LogP contribution in [0.4, 0.5) is 0 Å². The minimum Gasteiger partial charge on any atom is -0.462 e. The van der Waals surface area contributed by atoms with Crippen molar-refractivity contribution in [3.05, 3.63) is 83.8 Å². The zero-order valence-corrected chi connectivity index (χ0v) is 16.7. The molecule has 29 heavy (non-hydrogen) atoms. The molecule has 150 valence electrons. The van der Waals surface area contributed by atoms with Crippen molar-refractivity contribution in [1.82, 2.24) is 4.72 Å². The zero-order valence-electron chi connectivity index (χ0n) is 15.9. The monoisotopic (exact) mass is 410 g/mol. The Kier molecular flexibility index (Phi) is 6.00. The van der Waals surface area contributed by atoms with E-state index in [2.05, 4.69) is 4.72 Å². The molecule has 7 heteroatoms. The molecule has 0 aliphatic carbocycles. The zero-order chi connectivity index (χ0) is 20.9. The molecule has 0 aromatic heterocycles. The third-order valence-electron chi connectivity index (χ3n) is 4.48. The van der Waals surface area contributed by atoms with Crippen LogP contribution in [0.15, 0.2) is 78.2 Å². The van der Waals surface area contributed by atoms with Gasteiger partial charge in [-0.25, -0.2) is 8.42 Å². The van der Waals surface area contributed by atoms with Crippen molar-refractivity contribution in [3.63, 3.8) is 0 Å². The quantitative estimate of drug-likeness (QED) is 0.556. The number of carbonyl (C=O) groups excluding carboxylic acids is 1. The van der Waals surface area contributed by atoms with Crippen LogP contribution in [0.3, 0.4) is 0 Å². The maximum Gasteiger partial charge on any atom is 0.278 e. The normalized spacial score (nSPS) is 14.0. The van der Waals surface area contributed by atoms with Crippen LogP contribution in [0.5, 0.6) is 5.75 Å². The smallest absolute Gasteiger partial charge is 0.278 e. The fourth-order valence-electron chi connectivity index (χ4n) is 2.91. The largest absolute Gasteiger partial charge is 0.462 e. The van der Waals surface area contributed by atoms with Crippen LogP contribution in [0.1, 0.15) is 18.9 Å². The summed E-state index contributed by atoms with van der Waals surface area (Å²) in [6.45, 7) is 1.62. The van der Waals surface area contributed by atoms with Gasteiger partial charge in [-0.1, -0.05) is 73.7 Å². The second-order valence-electron chi connectivity index (χ2n) is 6.48. The van der Waals surface area contributed by atoms with E-state index >= 15 is 0 Å². The van der Waals surface area contributed by atoms with Crippen LogP contribution in [0.2, 0.25) is 0 Å². The first-order valence-corrected chi connectivity index (χ1v) is 10.6. The molecule has 0 bridgehead atoms. The van der Waals surface area contributed by atoms with E-state index in [4.69, 9.17) is 10.5 Å². The Hall–Kier alpha value is -3.16. The minimum atomic E-state index is -4.02. The van der Waals surface area contributed by atoms with Crippen molar-refractivity contribution in [1.29, 1.82) is 0 Å². The SMILES string of the molecule is CCC(NS(=O)(=O)C=Cc1ccccc1)(Oc1cccc2ccccc12)C(N)=O. The summed E-state index contributed by atoms with van der Waals surface area (Å²) >= 11 is 0. The number of nitrogens with two attached hydrogens (primary N) is 1. The molecule has 3 rings (SSSR count). The summed E-state index contributed by atoms with van der Waals surface area (Å²) in [4.78, 5) is 12.3. The average molecular weight is 410 g/mol. The van der Waals surface area contributed by atoms with E-state index in [1.165, 1.54) is 6.08 Å². The molecule has 0 fully saturated rings. The summed E-state index contributed by atoms with van der Waals surface area (Å²) in [5, 5.41) is 2.63. The summed E-state index contributed by atoms with van der Waals surface area (Å²) in [5.41, 5.74) is 4.35. The number of fused-ring (bicyclic) bond motifs is 1. The molecular formula is C22H22N2O4S. The van der Waals surface area contributed by atoms with Gasteiger partial charge in [0.2, 0.25) is 10.0 Å². The summed E-state index contributed by atoms with van der Waals surface area (Å²) in [6, 6.07) is 21.7. The van der Waals surface area contributed by atoms with Crippen LogP contribution in [0.25, 0.3) is 16.8 Å². The highest BCUT2D eigenvalue weighted by Gasteiger charge is 2.41. The van der Waals surface area contributed by atoms with Gasteiger partial charge in [0.15, 0.2) is 0 Å². The summed E-state index contributed by atoms with van der Waals surface area (Å²) in [5.74, 6) is -0.567. The number of sulfonamides is 1. The van der Waals surface area contributed by atoms with Gasteiger partial charge >= 0.3 is 0 Å². The number of benzene rings is 3. The van der Waals surface area contributed by atoms with Crippen molar-refractivity contribution in [3.8, 4) is 5.75 Å². The van der Waals surface area contributed by atoms with Crippen LogP contribution < -0.4 is 15.2 Å². The predicted octanol–water partition coefficient (Wildman–Crippen LogP) is 3.40. The van der Waals surface area contributed by atoms with E-state index in [1.54, 1.807) is 43.3 Å². The third-order valence-corrected chi connectivity index (χ3v) is 5.58. The number of carbonyl (C=O) groups is 1. The average Bonchev–Trinajstić information content (AvgIpc) is 2.72. The fraction of sp³-hybridized carbons (Fsp3) is 0.136. The Bertz CT molecular complexity index is 1140. The van der Waals surface area contributed by atoms with E-state index in [9.17, 15) is 13.2 Å². The molecule has 3 aromatic carbocycles. The van der Waals surface area contributed by atoms with Crippen LogP contribution >= 0.6 is 0 Å². The minimum absolute atomic E-state index is 0.00393. The number of hydrogen-bond acceptors (Lipinski definition) is 4. The molecule has 0 spiro atoms. The predicted molar refractivity (Wildman–Crippen MR) is 114 cm³/mol. The fourth-order valence-corrected chi connectivity index (χ4v) is 4.06. The molecule has 0 saturated heterocycles. The molecule has 3 N–H and O–H groups in total. The van der Waals surface area contributed by atoms with Gasteiger partial charge in [0.25, 0.3) is 11.6 Å². The standard InChI is InChI=1S/C22H22N2O4S/c1-2-22(21(23)25,24-29(26,27)16-15-17-9-4-3-5-10-17)28-20-14-8-12-18-11-6-7-13-19(18)20/h3-16,24H,2H2,1H3,(H2,23,25). The van der Waals surface area contributed by atoms with Gasteiger partial charge in [0.05, 0.1) is 0 Å². The Morgan fingerprint density at radius 1 is 1.03 bits per heavy atom. The van der Waals surface area contributed by atoms with Crippen LogP contribution in [-0.4, -0.2) is 20.0 Å². The number of amides is 1. The first kappa shape index (κ1) is 20.6. The van der Waals surface area contributed by atoms with E-state index in [0.717, 1.165) is 16.2 Å². The Labute approximate surface area is 170 Å². The maximum atomic E-state index is 12.7. The van der Waals surface area contributed by atoms with Crippen molar-refractivity contribution < 1.29 is 17.9 Å². The number of nitrogens with one attached hydrogen (secondary N) is 1. The number of hydrogen-bond donors (Lipinski definition) is 2. The second-order valence-corrected chi connectivity index (χ2v) is 8.05. The van der Waals surface area contributed by atoms with E-state index < -0.39 is 21.7 Å². The number of rotatable bonds is 8. The van der Waals surface area contributed by atoms with Crippen LogP contribution in [0, 0.1) is 0 Å². The summed E-state index contributed by atoms with van der Waals surface area (Å²) in [7, 11) is -4.02. The van der Waals surface area contributed by atoms with Crippen molar-refractivity contribution >= 4 is 32.8 Å². The number of primary amides is 1. The van der Waals surface area contributed by atoms with Crippen molar-refractivity contribution in [2.75, 3.05) is 0 Å². The van der Waals surface area contributed by atoms with Gasteiger partial charge < -0.3 is 10.5 Å². The molecule has 3 aromatic rings. The molecule has 1 amide bonds. The second kappa shape index (κ2) is 8.46. The highest BCUT2D eigenvalue weighted by Crippen LogP contribution is 2.29. The Morgan fingerprint density at radius 2 is 1.69 bits per heavy atom. The first-order valence-electron chi connectivity index (χ1n) is 9.09. The molecule has 0 heterocycles. The first-order chi connectivity index (χ1) is 13.9. The lowest BCUT2D eigenvalue weighted by atomic mass is 10.1. The third kappa shape index (κ3) is 4.82. The van der Waals surface area contributed by atoms with E-state index in [-0.39, 0.29) is 6.42 Å². The van der Waals surface area contributed by atoms with Crippen molar-refractivity contribution in [2.45, 2.75) is 19.1 Å². The summed E-state index contributed by atoms with van der Waals surface area (Å²) in [6.07, 6.45) is 1.44. The van der Waals surface area contributed by atoms with Crippen molar-refractivity contribution in [2.24, 2.45) is 5.73 Å².